The average molecular weight is 469 g/mol. The minimum absolute atomic E-state index is 0.773. The van der Waals surface area contributed by atoms with Crippen LogP contribution in [-0.4, -0.2) is 21.3 Å². The minimum Gasteiger partial charge on any atom is -0.497 e. The second-order valence-corrected chi connectivity index (χ2v) is 8.47. The van der Waals surface area contributed by atoms with Gasteiger partial charge in [-0.25, -0.2) is 0 Å². The highest BCUT2D eigenvalue weighted by atomic mass is 16.5. The molecule has 0 unspecified atom stereocenters. The van der Waals surface area contributed by atoms with Gasteiger partial charge in [-0.1, -0.05) is 36.4 Å². The van der Waals surface area contributed by atoms with Crippen LogP contribution in [0.3, 0.4) is 0 Å². The zero-order valence-corrected chi connectivity index (χ0v) is 20.6. The Morgan fingerprint density at radius 2 is 0.800 bits per heavy atom. The zero-order chi connectivity index (χ0) is 24.5. The van der Waals surface area contributed by atoms with Crippen LogP contribution >= 0.6 is 0 Å². The zero-order valence-electron chi connectivity index (χ0n) is 20.6. The highest BCUT2D eigenvalue weighted by molar-refractivity contribution is 5.42. The van der Waals surface area contributed by atoms with Gasteiger partial charge in [-0.15, -0.1) is 0 Å². The normalized spacial score (nSPS) is 10.6. The maximum absolute atomic E-state index is 6.26. The summed E-state index contributed by atoms with van der Waals surface area (Å²) < 4.78 is 22.5. The number of aryl methyl sites for hydroxylation is 4. The predicted octanol–water partition coefficient (Wildman–Crippen LogP) is 7.08. The van der Waals surface area contributed by atoms with Crippen molar-refractivity contribution >= 4 is 0 Å². The Bertz CT molecular complexity index is 1250. The molecule has 35 heavy (non-hydrogen) atoms. The molecule has 0 aliphatic rings. The molecule has 4 aromatic rings. The van der Waals surface area contributed by atoms with Gasteiger partial charge in [-0.05, 0) is 96.5 Å². The molecule has 0 amide bonds. The first-order valence-electron chi connectivity index (χ1n) is 11.9. The Morgan fingerprint density at radius 3 is 1.31 bits per heavy atom. The van der Waals surface area contributed by atoms with Crippen LogP contribution in [0.25, 0.3) is 0 Å². The van der Waals surface area contributed by atoms with Crippen molar-refractivity contribution in [3.05, 3.63) is 113 Å². The molecule has 0 bridgehead atoms. The van der Waals surface area contributed by atoms with Crippen molar-refractivity contribution in [1.29, 1.82) is 0 Å². The van der Waals surface area contributed by atoms with E-state index in [4.69, 9.17) is 18.9 Å². The Morgan fingerprint density at radius 1 is 0.400 bits per heavy atom. The maximum atomic E-state index is 6.26. The molecule has 0 aliphatic heterocycles. The second-order valence-electron chi connectivity index (χ2n) is 8.47. The van der Waals surface area contributed by atoms with E-state index in [1.165, 1.54) is 16.7 Å². The third-order valence-electron chi connectivity index (χ3n) is 5.98. The van der Waals surface area contributed by atoms with Crippen molar-refractivity contribution in [1.82, 2.24) is 0 Å². The van der Waals surface area contributed by atoms with E-state index in [1.54, 1.807) is 21.3 Å². The summed E-state index contributed by atoms with van der Waals surface area (Å²) in [6.45, 7) is 0. The van der Waals surface area contributed by atoms with Crippen molar-refractivity contribution < 1.29 is 18.9 Å². The molecule has 0 fully saturated rings. The molecule has 0 N–H and O–H groups in total. The lowest BCUT2D eigenvalue weighted by molar-refractivity contribution is 0.408. The predicted molar refractivity (Wildman–Crippen MR) is 140 cm³/mol. The van der Waals surface area contributed by atoms with Crippen molar-refractivity contribution in [3.63, 3.8) is 0 Å². The van der Waals surface area contributed by atoms with Crippen molar-refractivity contribution in [2.45, 2.75) is 25.7 Å². The van der Waals surface area contributed by atoms with Gasteiger partial charge in [0, 0.05) is 6.07 Å². The van der Waals surface area contributed by atoms with Crippen LogP contribution in [0.1, 0.15) is 22.3 Å². The topological polar surface area (TPSA) is 36.9 Å². The van der Waals surface area contributed by atoms with E-state index in [0.717, 1.165) is 60.0 Å². The van der Waals surface area contributed by atoms with Crippen LogP contribution in [0, 0.1) is 0 Å². The summed E-state index contributed by atoms with van der Waals surface area (Å²) in [5.41, 5.74) is 4.88. The second kappa shape index (κ2) is 12.0. The van der Waals surface area contributed by atoms with E-state index in [1.807, 2.05) is 42.5 Å². The SMILES string of the molecule is COc1cccc(CCc2cccc(Oc3cc(CCc4cccc(OC)c4)cc(OC)c3)c2)c1. The molecule has 4 rings (SSSR count). The van der Waals surface area contributed by atoms with Crippen LogP contribution in [0.5, 0.6) is 28.7 Å². The number of methoxy groups -OCH3 is 3. The van der Waals surface area contributed by atoms with Crippen LogP contribution < -0.4 is 18.9 Å². The van der Waals surface area contributed by atoms with E-state index < -0.39 is 0 Å². The van der Waals surface area contributed by atoms with Crippen molar-refractivity contribution in [2.75, 3.05) is 21.3 Å². The van der Waals surface area contributed by atoms with E-state index >= 15 is 0 Å². The summed E-state index contributed by atoms with van der Waals surface area (Å²) in [7, 11) is 5.07. The molecule has 0 spiro atoms. The molecular weight excluding hydrogens is 436 g/mol. The van der Waals surface area contributed by atoms with Crippen molar-refractivity contribution in [2.24, 2.45) is 0 Å². The van der Waals surface area contributed by atoms with E-state index in [0.29, 0.717) is 0 Å². The lowest BCUT2D eigenvalue weighted by Gasteiger charge is -2.12. The quantitative estimate of drug-likeness (QED) is 0.236. The maximum Gasteiger partial charge on any atom is 0.131 e. The van der Waals surface area contributed by atoms with E-state index in [-0.39, 0.29) is 0 Å². The smallest absolute Gasteiger partial charge is 0.131 e. The third kappa shape index (κ3) is 7.03. The van der Waals surface area contributed by atoms with Gasteiger partial charge in [0.2, 0.25) is 0 Å². The first kappa shape index (κ1) is 24.2. The third-order valence-corrected chi connectivity index (χ3v) is 5.98. The van der Waals surface area contributed by atoms with Gasteiger partial charge in [0.1, 0.15) is 28.7 Å². The molecule has 0 saturated carbocycles. The van der Waals surface area contributed by atoms with E-state index in [2.05, 4.69) is 48.5 Å². The monoisotopic (exact) mass is 468 g/mol. The molecule has 0 heterocycles. The van der Waals surface area contributed by atoms with Crippen LogP contribution in [0.15, 0.2) is 91.0 Å². The van der Waals surface area contributed by atoms with Gasteiger partial charge in [-0.3, -0.25) is 0 Å². The highest BCUT2D eigenvalue weighted by Gasteiger charge is 2.07. The minimum atomic E-state index is 0.773. The lowest BCUT2D eigenvalue weighted by Crippen LogP contribution is -1.96. The molecule has 0 aliphatic carbocycles. The number of benzene rings is 4. The summed E-state index contributed by atoms with van der Waals surface area (Å²) >= 11 is 0. The lowest BCUT2D eigenvalue weighted by atomic mass is 10.0. The van der Waals surface area contributed by atoms with Gasteiger partial charge < -0.3 is 18.9 Å². The largest absolute Gasteiger partial charge is 0.497 e. The number of hydrogen-bond acceptors (Lipinski definition) is 4. The van der Waals surface area contributed by atoms with Gasteiger partial charge >= 0.3 is 0 Å². The van der Waals surface area contributed by atoms with Crippen LogP contribution in [-0.2, 0) is 25.7 Å². The molecule has 180 valence electrons. The Balaban J connectivity index is 1.43. The molecule has 0 atom stereocenters. The van der Waals surface area contributed by atoms with E-state index in [9.17, 15) is 0 Å². The summed E-state index contributed by atoms with van der Waals surface area (Å²) in [5, 5.41) is 0. The Hall–Kier alpha value is -3.92. The fraction of sp³-hybridized carbons (Fsp3) is 0.226. The molecule has 4 aromatic carbocycles. The van der Waals surface area contributed by atoms with Crippen LogP contribution in [0.2, 0.25) is 0 Å². The fourth-order valence-electron chi connectivity index (χ4n) is 4.09. The highest BCUT2D eigenvalue weighted by Crippen LogP contribution is 2.29. The molecular formula is C31H32O4. The summed E-state index contributed by atoms with van der Waals surface area (Å²) in [5.74, 6) is 4.15. The van der Waals surface area contributed by atoms with Gasteiger partial charge in [0.25, 0.3) is 0 Å². The van der Waals surface area contributed by atoms with Gasteiger partial charge in [0.15, 0.2) is 0 Å². The number of hydrogen-bond donors (Lipinski definition) is 0. The Kier molecular flexibility index (Phi) is 8.29. The summed E-state index contributed by atoms with van der Waals surface area (Å²) in [4.78, 5) is 0. The standard InChI is InChI=1S/C31H32O4/c1-32-27-10-4-7-23(17-27)13-14-25-9-6-12-29(19-25)35-31-21-26(20-30(22-31)34-3)16-15-24-8-5-11-28(18-24)33-2/h4-12,17-22H,13-16H2,1-3H3. The average Bonchev–Trinajstić information content (AvgIpc) is 2.91. The number of ether oxygens (including phenoxy) is 4. The molecule has 4 heteroatoms. The Labute approximate surface area is 208 Å². The first-order valence-corrected chi connectivity index (χ1v) is 11.9. The number of rotatable bonds is 11. The summed E-state index contributed by atoms with van der Waals surface area (Å²) in [6, 6.07) is 30.8. The van der Waals surface area contributed by atoms with Gasteiger partial charge in [0.05, 0.1) is 21.3 Å². The molecule has 0 aromatic heterocycles. The van der Waals surface area contributed by atoms with Crippen LogP contribution in [0.4, 0.5) is 0 Å². The molecule has 0 radical (unpaired) electrons. The molecule has 4 nitrogen and oxygen atoms in total. The fourth-order valence-corrected chi connectivity index (χ4v) is 4.09. The molecule has 0 saturated heterocycles. The van der Waals surface area contributed by atoms with Crippen molar-refractivity contribution in [3.8, 4) is 28.7 Å². The summed E-state index contributed by atoms with van der Waals surface area (Å²) in [6.07, 6.45) is 3.65. The first-order chi connectivity index (χ1) is 17.1. The van der Waals surface area contributed by atoms with Gasteiger partial charge in [-0.2, -0.15) is 0 Å².